The number of aryl methyl sites for hydroxylation is 1. The molecule has 1 amide bonds. The van der Waals surface area contributed by atoms with Crippen LogP contribution in [0.4, 0.5) is 11.5 Å². The van der Waals surface area contributed by atoms with E-state index >= 15 is 0 Å². The van der Waals surface area contributed by atoms with E-state index in [1.807, 2.05) is 43.3 Å². The van der Waals surface area contributed by atoms with Gasteiger partial charge in [-0.3, -0.25) is 4.79 Å². The Kier molecular flexibility index (Phi) is 5.06. The molecule has 0 radical (unpaired) electrons. The van der Waals surface area contributed by atoms with Crippen molar-refractivity contribution in [3.8, 4) is 16.9 Å². The SMILES string of the molecule is Cc1cccc(-c2cc(N)n(-c3ccc(C(=O)Nc4cccc(Cl)c4)cc3)n2)c1. The predicted molar refractivity (Wildman–Crippen MR) is 118 cm³/mol. The van der Waals surface area contributed by atoms with Crippen molar-refractivity contribution >= 4 is 29.0 Å². The number of amides is 1. The standard InChI is InChI=1S/C23H19ClN4O/c1-15-4-2-5-17(12-15)21-14-22(25)28(27-21)20-10-8-16(9-11-20)23(29)26-19-7-3-6-18(24)13-19/h2-14H,25H2,1H3,(H,26,29). The first-order chi connectivity index (χ1) is 14.0. The van der Waals surface area contributed by atoms with Gasteiger partial charge < -0.3 is 11.1 Å². The van der Waals surface area contributed by atoms with Gasteiger partial charge in [-0.2, -0.15) is 5.10 Å². The highest BCUT2D eigenvalue weighted by Gasteiger charge is 2.11. The van der Waals surface area contributed by atoms with Crippen molar-refractivity contribution in [1.29, 1.82) is 0 Å². The van der Waals surface area contributed by atoms with Gasteiger partial charge in [0.15, 0.2) is 0 Å². The topological polar surface area (TPSA) is 72.9 Å². The molecule has 0 saturated carbocycles. The monoisotopic (exact) mass is 402 g/mol. The minimum absolute atomic E-state index is 0.215. The molecule has 144 valence electrons. The fourth-order valence-electron chi connectivity index (χ4n) is 3.07. The Morgan fingerprint density at radius 3 is 2.48 bits per heavy atom. The fraction of sp³-hybridized carbons (Fsp3) is 0.0435. The molecule has 29 heavy (non-hydrogen) atoms. The van der Waals surface area contributed by atoms with Gasteiger partial charge in [-0.1, -0.05) is 41.4 Å². The summed E-state index contributed by atoms with van der Waals surface area (Å²) in [6, 6.07) is 24.1. The van der Waals surface area contributed by atoms with Crippen molar-refractivity contribution in [2.75, 3.05) is 11.1 Å². The van der Waals surface area contributed by atoms with E-state index in [0.29, 0.717) is 22.1 Å². The Morgan fingerprint density at radius 1 is 1.00 bits per heavy atom. The Bertz CT molecular complexity index is 1180. The zero-order chi connectivity index (χ0) is 20.4. The number of rotatable bonds is 4. The number of carbonyl (C=O) groups excluding carboxylic acids is 1. The zero-order valence-corrected chi connectivity index (χ0v) is 16.5. The molecule has 6 heteroatoms. The van der Waals surface area contributed by atoms with Crippen LogP contribution in [-0.2, 0) is 0 Å². The minimum atomic E-state index is -0.215. The molecule has 0 saturated heterocycles. The van der Waals surface area contributed by atoms with E-state index in [-0.39, 0.29) is 5.91 Å². The lowest BCUT2D eigenvalue weighted by atomic mass is 10.1. The number of benzene rings is 3. The highest BCUT2D eigenvalue weighted by Crippen LogP contribution is 2.24. The van der Waals surface area contributed by atoms with Crippen molar-refractivity contribution in [1.82, 2.24) is 9.78 Å². The average Bonchev–Trinajstić information content (AvgIpc) is 3.10. The molecule has 0 unspecified atom stereocenters. The number of carbonyl (C=O) groups is 1. The third kappa shape index (κ3) is 4.15. The molecule has 1 heterocycles. The highest BCUT2D eigenvalue weighted by molar-refractivity contribution is 6.31. The van der Waals surface area contributed by atoms with Crippen LogP contribution >= 0.6 is 11.6 Å². The Labute approximate surface area is 173 Å². The fourth-order valence-corrected chi connectivity index (χ4v) is 3.26. The maximum absolute atomic E-state index is 12.5. The molecule has 0 atom stereocenters. The van der Waals surface area contributed by atoms with E-state index in [2.05, 4.69) is 16.5 Å². The molecule has 0 aliphatic rings. The van der Waals surface area contributed by atoms with Crippen molar-refractivity contribution in [2.45, 2.75) is 6.92 Å². The second-order valence-electron chi connectivity index (χ2n) is 6.75. The van der Waals surface area contributed by atoms with Gasteiger partial charge in [0.25, 0.3) is 5.91 Å². The molecule has 0 aliphatic heterocycles. The lowest BCUT2D eigenvalue weighted by molar-refractivity contribution is 0.102. The van der Waals surface area contributed by atoms with Gasteiger partial charge in [-0.25, -0.2) is 4.68 Å². The van der Waals surface area contributed by atoms with Gasteiger partial charge in [-0.15, -0.1) is 0 Å². The van der Waals surface area contributed by atoms with Crippen molar-refractivity contribution in [3.05, 3.63) is 95.0 Å². The number of nitrogens with two attached hydrogens (primary N) is 1. The number of nitrogens with zero attached hydrogens (tertiary/aromatic N) is 2. The molecule has 4 rings (SSSR count). The number of hydrogen-bond acceptors (Lipinski definition) is 3. The number of nitrogen functional groups attached to an aromatic ring is 1. The zero-order valence-electron chi connectivity index (χ0n) is 15.8. The van der Waals surface area contributed by atoms with Gasteiger partial charge in [0, 0.05) is 27.9 Å². The van der Waals surface area contributed by atoms with Crippen LogP contribution in [0.25, 0.3) is 16.9 Å². The molecular weight excluding hydrogens is 384 g/mol. The van der Waals surface area contributed by atoms with Crippen LogP contribution in [0, 0.1) is 6.92 Å². The van der Waals surface area contributed by atoms with Crippen LogP contribution in [-0.4, -0.2) is 15.7 Å². The highest BCUT2D eigenvalue weighted by atomic mass is 35.5. The summed E-state index contributed by atoms with van der Waals surface area (Å²) in [5.74, 6) is 0.310. The minimum Gasteiger partial charge on any atom is -0.384 e. The first kappa shape index (κ1) is 18.8. The van der Waals surface area contributed by atoms with Crippen molar-refractivity contribution in [3.63, 3.8) is 0 Å². The third-order valence-electron chi connectivity index (χ3n) is 4.51. The summed E-state index contributed by atoms with van der Waals surface area (Å²) in [5, 5.41) is 8.02. The van der Waals surface area contributed by atoms with E-state index in [9.17, 15) is 4.79 Å². The second-order valence-corrected chi connectivity index (χ2v) is 7.18. The molecule has 1 aromatic heterocycles. The second kappa shape index (κ2) is 7.81. The van der Waals surface area contributed by atoms with E-state index in [1.54, 1.807) is 41.1 Å². The summed E-state index contributed by atoms with van der Waals surface area (Å²) >= 11 is 5.96. The maximum atomic E-state index is 12.5. The van der Waals surface area contributed by atoms with E-state index in [1.165, 1.54) is 0 Å². The average molecular weight is 403 g/mol. The number of halogens is 1. The number of nitrogens with one attached hydrogen (secondary N) is 1. The smallest absolute Gasteiger partial charge is 0.255 e. The summed E-state index contributed by atoms with van der Waals surface area (Å²) in [6.07, 6.45) is 0. The first-order valence-corrected chi connectivity index (χ1v) is 9.47. The van der Waals surface area contributed by atoms with Crippen molar-refractivity contribution in [2.24, 2.45) is 0 Å². The van der Waals surface area contributed by atoms with E-state index in [0.717, 1.165) is 22.5 Å². The molecule has 0 aliphatic carbocycles. The molecule has 5 nitrogen and oxygen atoms in total. The van der Waals surface area contributed by atoms with Gasteiger partial charge in [0.1, 0.15) is 5.82 Å². The Balaban J connectivity index is 1.56. The van der Waals surface area contributed by atoms with E-state index in [4.69, 9.17) is 17.3 Å². The number of hydrogen-bond donors (Lipinski definition) is 2. The van der Waals surface area contributed by atoms with Gasteiger partial charge in [0.2, 0.25) is 0 Å². The van der Waals surface area contributed by atoms with Crippen LogP contribution in [0.3, 0.4) is 0 Å². The third-order valence-corrected chi connectivity index (χ3v) is 4.74. The molecule has 4 aromatic rings. The lowest BCUT2D eigenvalue weighted by Gasteiger charge is -2.08. The van der Waals surface area contributed by atoms with Crippen LogP contribution in [0.15, 0.2) is 78.9 Å². The van der Waals surface area contributed by atoms with Crippen LogP contribution in [0.5, 0.6) is 0 Å². The van der Waals surface area contributed by atoms with Crippen LogP contribution in [0.2, 0.25) is 5.02 Å². The lowest BCUT2D eigenvalue weighted by Crippen LogP contribution is -2.12. The molecular formula is C23H19ClN4O. The summed E-state index contributed by atoms with van der Waals surface area (Å²) in [6.45, 7) is 2.04. The van der Waals surface area contributed by atoms with Crippen LogP contribution < -0.4 is 11.1 Å². The molecule has 0 bridgehead atoms. The summed E-state index contributed by atoms with van der Waals surface area (Å²) in [7, 11) is 0. The largest absolute Gasteiger partial charge is 0.384 e. The van der Waals surface area contributed by atoms with E-state index < -0.39 is 0 Å². The van der Waals surface area contributed by atoms with Crippen LogP contribution in [0.1, 0.15) is 15.9 Å². The quantitative estimate of drug-likeness (QED) is 0.484. The summed E-state index contributed by atoms with van der Waals surface area (Å²) in [4.78, 5) is 12.5. The molecule has 3 aromatic carbocycles. The van der Waals surface area contributed by atoms with Crippen molar-refractivity contribution < 1.29 is 4.79 Å². The summed E-state index contributed by atoms with van der Waals surface area (Å²) < 4.78 is 1.66. The van der Waals surface area contributed by atoms with Gasteiger partial charge in [0.05, 0.1) is 11.4 Å². The Morgan fingerprint density at radius 2 is 1.76 bits per heavy atom. The molecule has 0 spiro atoms. The number of aromatic nitrogens is 2. The summed E-state index contributed by atoms with van der Waals surface area (Å²) in [5.41, 5.74) is 11.1. The molecule has 0 fully saturated rings. The maximum Gasteiger partial charge on any atom is 0.255 e. The Hall–Kier alpha value is -3.57. The van der Waals surface area contributed by atoms with Gasteiger partial charge >= 0.3 is 0 Å². The molecule has 3 N–H and O–H groups in total. The van der Waals surface area contributed by atoms with Gasteiger partial charge in [-0.05, 0) is 55.5 Å². The normalized spacial score (nSPS) is 10.7. The number of anilines is 2. The first-order valence-electron chi connectivity index (χ1n) is 9.09. The predicted octanol–water partition coefficient (Wildman–Crippen LogP) is 5.34.